The molecule has 0 atom stereocenters. The van der Waals surface area contributed by atoms with Gasteiger partial charge in [0.15, 0.2) is 0 Å². The number of carbonyl (C=O) groups excluding carboxylic acids is 3. The number of rotatable bonds is 2. The number of barbiturate groups is 1. The second-order valence-corrected chi connectivity index (χ2v) is 6.28. The molecule has 4 amide bonds. The van der Waals surface area contributed by atoms with Gasteiger partial charge >= 0.3 is 6.03 Å². The topological polar surface area (TPSA) is 66.5 Å². The summed E-state index contributed by atoms with van der Waals surface area (Å²) in [7, 11) is 0. The highest BCUT2D eigenvalue weighted by molar-refractivity contribution is 7.10. The maximum atomic E-state index is 12.6. The van der Waals surface area contributed by atoms with Crippen LogP contribution in [0, 0.1) is 0 Å². The highest BCUT2D eigenvalue weighted by atomic mass is 32.1. The number of nitrogens with one attached hydrogen (secondary N) is 1. The fourth-order valence-corrected chi connectivity index (χ4v) is 3.51. The van der Waals surface area contributed by atoms with Crippen LogP contribution in [0.2, 0.25) is 0 Å². The lowest BCUT2D eigenvalue weighted by Gasteiger charge is -2.35. The Bertz CT molecular complexity index is 600. The molecule has 2 aliphatic rings. The summed E-state index contributed by atoms with van der Waals surface area (Å²) in [5.41, 5.74) is 0.0441. The van der Waals surface area contributed by atoms with Gasteiger partial charge in [-0.05, 0) is 30.4 Å². The number of carbonyl (C=O) groups is 3. The minimum absolute atomic E-state index is 0.0441. The van der Waals surface area contributed by atoms with Crippen molar-refractivity contribution in [2.75, 3.05) is 0 Å². The summed E-state index contributed by atoms with van der Waals surface area (Å²) >= 11 is 1.45. The fourth-order valence-electron chi connectivity index (χ4n) is 2.86. The van der Waals surface area contributed by atoms with Crippen molar-refractivity contribution >= 4 is 35.3 Å². The van der Waals surface area contributed by atoms with E-state index in [1.54, 1.807) is 6.08 Å². The first-order chi connectivity index (χ1) is 10.2. The summed E-state index contributed by atoms with van der Waals surface area (Å²) in [5, 5.41) is 4.16. The third-order valence-electron chi connectivity index (χ3n) is 3.90. The molecule has 0 radical (unpaired) electrons. The van der Waals surface area contributed by atoms with Crippen LogP contribution in [0.1, 0.15) is 37.0 Å². The molecule has 1 aromatic rings. The highest BCUT2D eigenvalue weighted by Gasteiger charge is 2.40. The average molecular weight is 304 g/mol. The summed E-state index contributed by atoms with van der Waals surface area (Å²) in [4.78, 5) is 38.6. The smallest absolute Gasteiger partial charge is 0.273 e. The lowest BCUT2D eigenvalue weighted by Crippen LogP contribution is -2.58. The van der Waals surface area contributed by atoms with Gasteiger partial charge in [-0.3, -0.25) is 19.8 Å². The minimum Gasteiger partial charge on any atom is -0.273 e. The summed E-state index contributed by atoms with van der Waals surface area (Å²) in [6.07, 6.45) is 6.36. The first kappa shape index (κ1) is 14.0. The normalized spacial score (nSPS) is 22.8. The molecule has 1 aliphatic heterocycles. The zero-order valence-electron chi connectivity index (χ0n) is 11.5. The quantitative estimate of drug-likeness (QED) is 0.674. The minimum atomic E-state index is -0.606. The first-order valence-electron chi connectivity index (χ1n) is 7.11. The Hall–Kier alpha value is -1.95. The van der Waals surface area contributed by atoms with Crippen molar-refractivity contribution in [3.63, 3.8) is 0 Å². The van der Waals surface area contributed by atoms with Gasteiger partial charge in [0.05, 0.1) is 0 Å². The molecular weight excluding hydrogens is 288 g/mol. The van der Waals surface area contributed by atoms with E-state index in [-0.39, 0.29) is 11.6 Å². The number of hydrogen-bond donors (Lipinski definition) is 1. The average Bonchev–Trinajstić information content (AvgIpc) is 2.97. The molecule has 1 saturated heterocycles. The van der Waals surface area contributed by atoms with Gasteiger partial charge in [-0.15, -0.1) is 11.3 Å². The summed E-state index contributed by atoms with van der Waals surface area (Å²) in [6.45, 7) is 0. The van der Waals surface area contributed by atoms with Crippen LogP contribution in [-0.2, 0) is 9.59 Å². The number of amides is 4. The Labute approximate surface area is 126 Å². The van der Waals surface area contributed by atoms with Gasteiger partial charge in [0.25, 0.3) is 11.8 Å². The molecule has 110 valence electrons. The molecule has 1 aliphatic carbocycles. The van der Waals surface area contributed by atoms with Crippen LogP contribution in [0.3, 0.4) is 0 Å². The highest BCUT2D eigenvalue weighted by Crippen LogP contribution is 2.26. The van der Waals surface area contributed by atoms with Crippen LogP contribution in [0.25, 0.3) is 6.08 Å². The van der Waals surface area contributed by atoms with Crippen LogP contribution < -0.4 is 5.32 Å². The van der Waals surface area contributed by atoms with Crippen molar-refractivity contribution in [3.8, 4) is 0 Å². The van der Waals surface area contributed by atoms with Gasteiger partial charge in [0.1, 0.15) is 5.57 Å². The van der Waals surface area contributed by atoms with Crippen molar-refractivity contribution in [2.45, 2.75) is 38.1 Å². The van der Waals surface area contributed by atoms with E-state index in [1.165, 1.54) is 16.2 Å². The van der Waals surface area contributed by atoms with E-state index in [1.807, 2.05) is 17.5 Å². The molecule has 1 saturated carbocycles. The molecule has 0 unspecified atom stereocenters. The van der Waals surface area contributed by atoms with Crippen LogP contribution >= 0.6 is 11.3 Å². The molecule has 5 nitrogen and oxygen atoms in total. The predicted molar refractivity (Wildman–Crippen MR) is 79.6 cm³/mol. The van der Waals surface area contributed by atoms with Crippen molar-refractivity contribution in [2.24, 2.45) is 0 Å². The Kier molecular flexibility index (Phi) is 3.88. The molecule has 2 fully saturated rings. The molecule has 1 N–H and O–H groups in total. The number of nitrogens with zero attached hydrogens (tertiary/aromatic N) is 1. The maximum Gasteiger partial charge on any atom is 0.331 e. The van der Waals surface area contributed by atoms with Crippen molar-refractivity contribution in [1.82, 2.24) is 10.2 Å². The molecule has 0 spiro atoms. The predicted octanol–water partition coefficient (Wildman–Crippen LogP) is 2.54. The first-order valence-corrected chi connectivity index (χ1v) is 7.99. The SMILES string of the molecule is O=C1NC(=O)N(C2CCCCC2)C(=O)/C1=C\c1cccs1. The molecule has 1 aromatic heterocycles. The largest absolute Gasteiger partial charge is 0.331 e. The van der Waals surface area contributed by atoms with Gasteiger partial charge in [0.2, 0.25) is 0 Å². The van der Waals surface area contributed by atoms with E-state index < -0.39 is 17.8 Å². The zero-order valence-corrected chi connectivity index (χ0v) is 12.3. The zero-order chi connectivity index (χ0) is 14.8. The second kappa shape index (κ2) is 5.81. The van der Waals surface area contributed by atoms with Gasteiger partial charge in [0, 0.05) is 10.9 Å². The lowest BCUT2D eigenvalue weighted by molar-refractivity contribution is -0.132. The number of urea groups is 1. The number of imide groups is 2. The van der Waals surface area contributed by atoms with Crippen LogP contribution in [-0.4, -0.2) is 28.8 Å². The molecule has 21 heavy (non-hydrogen) atoms. The van der Waals surface area contributed by atoms with Crippen LogP contribution in [0.4, 0.5) is 4.79 Å². The third kappa shape index (κ3) is 2.76. The van der Waals surface area contributed by atoms with E-state index in [4.69, 9.17) is 0 Å². The van der Waals surface area contributed by atoms with Crippen molar-refractivity contribution in [3.05, 3.63) is 28.0 Å². The van der Waals surface area contributed by atoms with E-state index in [0.29, 0.717) is 0 Å². The molecule has 0 aromatic carbocycles. The molecular formula is C15H16N2O3S. The molecule has 6 heteroatoms. The fraction of sp³-hybridized carbons (Fsp3) is 0.400. The Balaban J connectivity index is 1.89. The Morgan fingerprint density at radius 3 is 2.62 bits per heavy atom. The van der Waals surface area contributed by atoms with E-state index in [2.05, 4.69) is 5.32 Å². The number of hydrogen-bond acceptors (Lipinski definition) is 4. The molecule has 3 rings (SSSR count). The Morgan fingerprint density at radius 1 is 1.19 bits per heavy atom. The summed E-state index contributed by atoms with van der Waals surface area (Å²) in [6, 6.07) is 3.01. The summed E-state index contributed by atoms with van der Waals surface area (Å²) in [5.74, 6) is -1.07. The molecule has 0 bridgehead atoms. The standard InChI is InChI=1S/C15H16N2O3S/c18-13-12(9-11-7-4-8-21-11)14(19)17(15(20)16-13)10-5-2-1-3-6-10/h4,7-10H,1-3,5-6H2,(H,16,18,20)/b12-9-. The van der Waals surface area contributed by atoms with Gasteiger partial charge < -0.3 is 0 Å². The van der Waals surface area contributed by atoms with Crippen molar-refractivity contribution < 1.29 is 14.4 Å². The number of thiophene rings is 1. The van der Waals surface area contributed by atoms with Gasteiger partial charge in [-0.2, -0.15) is 0 Å². The van der Waals surface area contributed by atoms with Gasteiger partial charge in [-0.25, -0.2) is 4.79 Å². The second-order valence-electron chi connectivity index (χ2n) is 5.30. The molecule has 2 heterocycles. The lowest BCUT2D eigenvalue weighted by atomic mass is 9.93. The Morgan fingerprint density at radius 2 is 1.95 bits per heavy atom. The van der Waals surface area contributed by atoms with Crippen LogP contribution in [0.5, 0.6) is 0 Å². The van der Waals surface area contributed by atoms with E-state index in [9.17, 15) is 14.4 Å². The van der Waals surface area contributed by atoms with Crippen LogP contribution in [0.15, 0.2) is 23.1 Å². The monoisotopic (exact) mass is 304 g/mol. The van der Waals surface area contributed by atoms with E-state index >= 15 is 0 Å². The van der Waals surface area contributed by atoms with Gasteiger partial charge in [-0.1, -0.05) is 25.3 Å². The van der Waals surface area contributed by atoms with E-state index in [0.717, 1.165) is 37.0 Å². The summed E-state index contributed by atoms with van der Waals surface area (Å²) < 4.78 is 0. The maximum absolute atomic E-state index is 12.6. The third-order valence-corrected chi connectivity index (χ3v) is 4.72. The van der Waals surface area contributed by atoms with Crippen molar-refractivity contribution in [1.29, 1.82) is 0 Å².